The van der Waals surface area contributed by atoms with Crippen molar-refractivity contribution in [3.05, 3.63) is 29.5 Å². The lowest BCUT2D eigenvalue weighted by atomic mass is 9.90. The van der Waals surface area contributed by atoms with E-state index in [9.17, 15) is 5.11 Å². The molecule has 0 saturated carbocycles. The Balaban J connectivity index is 1.73. The molecule has 1 unspecified atom stereocenters. The molecule has 1 aliphatic heterocycles. The average Bonchev–Trinajstić information content (AvgIpc) is 3.00. The van der Waals surface area contributed by atoms with Crippen LogP contribution in [0.5, 0.6) is 0 Å². The van der Waals surface area contributed by atoms with Crippen LogP contribution in [0.3, 0.4) is 0 Å². The molecular formula is C17H26N6O. The molecule has 0 bridgehead atoms. The topological polar surface area (TPSA) is 93.1 Å². The van der Waals surface area contributed by atoms with Crippen molar-refractivity contribution in [3.8, 4) is 0 Å². The predicted octanol–water partition coefficient (Wildman–Crippen LogP) is 1.61. The Morgan fingerprint density at radius 1 is 1.33 bits per heavy atom. The number of aromatic nitrogens is 4. The van der Waals surface area contributed by atoms with E-state index < -0.39 is 6.10 Å². The first-order valence-corrected chi connectivity index (χ1v) is 8.54. The molecule has 0 spiro atoms. The molecule has 7 heteroatoms. The standard InChI is InChI=1S/C17H26N6O/c1-4-13-11(2)20-17(18)21-15(13)23-8-5-12(6-9-23)14(24)16-19-7-10-22(16)3/h7,10,12,14,24H,4-6,8-9H2,1-3H3,(H2,18,20,21). The van der Waals surface area contributed by atoms with Crippen molar-refractivity contribution in [2.45, 2.75) is 39.2 Å². The van der Waals surface area contributed by atoms with Gasteiger partial charge in [-0.05, 0) is 32.1 Å². The van der Waals surface area contributed by atoms with Crippen LogP contribution in [0.15, 0.2) is 12.4 Å². The summed E-state index contributed by atoms with van der Waals surface area (Å²) in [5.74, 6) is 2.24. The molecule has 1 atom stereocenters. The third-order valence-corrected chi connectivity index (χ3v) is 4.97. The summed E-state index contributed by atoms with van der Waals surface area (Å²) in [5, 5.41) is 10.6. The Hall–Kier alpha value is -2.15. The summed E-state index contributed by atoms with van der Waals surface area (Å²) in [6.45, 7) is 5.81. The minimum absolute atomic E-state index is 0.215. The molecule has 7 nitrogen and oxygen atoms in total. The van der Waals surface area contributed by atoms with Gasteiger partial charge >= 0.3 is 0 Å². The fraction of sp³-hybridized carbons (Fsp3) is 0.588. The number of piperidine rings is 1. The Labute approximate surface area is 142 Å². The molecule has 0 amide bonds. The molecule has 2 aromatic heterocycles. The van der Waals surface area contributed by atoms with Crippen LogP contribution in [0.25, 0.3) is 0 Å². The van der Waals surface area contributed by atoms with Crippen LogP contribution in [-0.4, -0.2) is 37.7 Å². The molecular weight excluding hydrogens is 304 g/mol. The van der Waals surface area contributed by atoms with Gasteiger partial charge in [-0.25, -0.2) is 9.97 Å². The van der Waals surface area contributed by atoms with Crippen molar-refractivity contribution in [3.63, 3.8) is 0 Å². The van der Waals surface area contributed by atoms with Crippen LogP contribution in [0.4, 0.5) is 11.8 Å². The Kier molecular flexibility index (Phi) is 4.71. The number of anilines is 2. The summed E-state index contributed by atoms with van der Waals surface area (Å²) in [5.41, 5.74) is 7.96. The highest BCUT2D eigenvalue weighted by atomic mass is 16.3. The quantitative estimate of drug-likeness (QED) is 0.885. The first-order chi connectivity index (χ1) is 11.5. The van der Waals surface area contributed by atoms with Crippen molar-refractivity contribution in [1.82, 2.24) is 19.5 Å². The molecule has 0 radical (unpaired) electrons. The number of imidazole rings is 1. The van der Waals surface area contributed by atoms with E-state index in [2.05, 4.69) is 26.8 Å². The number of hydrogen-bond acceptors (Lipinski definition) is 6. The van der Waals surface area contributed by atoms with Crippen molar-refractivity contribution in [2.24, 2.45) is 13.0 Å². The fourth-order valence-electron chi connectivity index (χ4n) is 3.58. The van der Waals surface area contributed by atoms with E-state index in [1.165, 1.54) is 0 Å². The number of hydrogen-bond donors (Lipinski definition) is 2. The maximum absolute atomic E-state index is 10.6. The van der Waals surface area contributed by atoms with Gasteiger partial charge in [0, 0.05) is 43.8 Å². The highest BCUT2D eigenvalue weighted by Gasteiger charge is 2.29. The maximum atomic E-state index is 10.6. The zero-order valence-corrected chi connectivity index (χ0v) is 14.6. The predicted molar refractivity (Wildman–Crippen MR) is 93.7 cm³/mol. The Bertz CT molecular complexity index is 705. The van der Waals surface area contributed by atoms with E-state index >= 15 is 0 Å². The van der Waals surface area contributed by atoms with E-state index in [-0.39, 0.29) is 5.92 Å². The second-order valence-electron chi connectivity index (χ2n) is 6.49. The lowest BCUT2D eigenvalue weighted by Gasteiger charge is -2.35. The largest absolute Gasteiger partial charge is 0.385 e. The molecule has 1 saturated heterocycles. The van der Waals surface area contributed by atoms with Gasteiger partial charge in [0.15, 0.2) is 0 Å². The van der Waals surface area contributed by atoms with Gasteiger partial charge in [-0.15, -0.1) is 0 Å². The van der Waals surface area contributed by atoms with E-state index in [1.54, 1.807) is 6.20 Å². The first-order valence-electron chi connectivity index (χ1n) is 8.54. The smallest absolute Gasteiger partial charge is 0.222 e. The normalized spacial score (nSPS) is 17.2. The van der Waals surface area contributed by atoms with E-state index in [0.717, 1.165) is 55.3 Å². The van der Waals surface area contributed by atoms with Crippen LogP contribution >= 0.6 is 0 Å². The van der Waals surface area contributed by atoms with Gasteiger partial charge in [-0.3, -0.25) is 0 Å². The third kappa shape index (κ3) is 3.08. The molecule has 1 fully saturated rings. The summed E-state index contributed by atoms with van der Waals surface area (Å²) in [6, 6.07) is 0. The third-order valence-electron chi connectivity index (χ3n) is 4.97. The van der Waals surface area contributed by atoms with Crippen LogP contribution < -0.4 is 10.6 Å². The Morgan fingerprint density at radius 2 is 2.04 bits per heavy atom. The monoisotopic (exact) mass is 330 g/mol. The number of aliphatic hydroxyl groups excluding tert-OH is 1. The number of rotatable bonds is 4. The van der Waals surface area contributed by atoms with E-state index in [1.807, 2.05) is 24.7 Å². The van der Waals surface area contributed by atoms with Crippen molar-refractivity contribution >= 4 is 11.8 Å². The van der Waals surface area contributed by atoms with Gasteiger partial charge in [0.05, 0.1) is 0 Å². The maximum Gasteiger partial charge on any atom is 0.222 e. The summed E-state index contributed by atoms with van der Waals surface area (Å²) in [7, 11) is 1.92. The lowest BCUT2D eigenvalue weighted by molar-refractivity contribution is 0.0824. The number of aryl methyl sites for hydroxylation is 2. The average molecular weight is 330 g/mol. The van der Waals surface area contributed by atoms with Crippen LogP contribution in [0.1, 0.15) is 43.0 Å². The van der Waals surface area contributed by atoms with Crippen LogP contribution in [0, 0.1) is 12.8 Å². The number of nitrogen functional groups attached to an aromatic ring is 1. The minimum atomic E-state index is -0.519. The Morgan fingerprint density at radius 3 is 2.62 bits per heavy atom. The molecule has 2 aromatic rings. The molecule has 0 aromatic carbocycles. The number of nitrogens with zero attached hydrogens (tertiary/aromatic N) is 5. The first kappa shape index (κ1) is 16.7. The summed E-state index contributed by atoms with van der Waals surface area (Å²) < 4.78 is 1.89. The lowest BCUT2D eigenvalue weighted by Crippen LogP contribution is -2.37. The van der Waals surface area contributed by atoms with Gasteiger partial charge in [0.1, 0.15) is 17.7 Å². The molecule has 0 aliphatic carbocycles. The summed E-state index contributed by atoms with van der Waals surface area (Å²) in [4.78, 5) is 15.3. The zero-order chi connectivity index (χ0) is 17.3. The molecule has 24 heavy (non-hydrogen) atoms. The fourth-order valence-corrected chi connectivity index (χ4v) is 3.58. The van der Waals surface area contributed by atoms with Crippen LogP contribution in [0.2, 0.25) is 0 Å². The molecule has 3 rings (SSSR count). The van der Waals surface area contributed by atoms with Crippen molar-refractivity contribution in [2.75, 3.05) is 23.7 Å². The zero-order valence-electron chi connectivity index (χ0n) is 14.6. The van der Waals surface area contributed by atoms with Gasteiger partial charge in [-0.1, -0.05) is 6.92 Å². The minimum Gasteiger partial charge on any atom is -0.385 e. The second-order valence-corrected chi connectivity index (χ2v) is 6.49. The van der Waals surface area contributed by atoms with Gasteiger partial charge < -0.3 is 20.3 Å². The van der Waals surface area contributed by atoms with Gasteiger partial charge in [-0.2, -0.15) is 4.98 Å². The number of aliphatic hydroxyl groups is 1. The van der Waals surface area contributed by atoms with Gasteiger partial charge in [0.25, 0.3) is 0 Å². The van der Waals surface area contributed by atoms with E-state index in [4.69, 9.17) is 5.73 Å². The van der Waals surface area contributed by atoms with Crippen molar-refractivity contribution < 1.29 is 5.11 Å². The SMILES string of the molecule is CCc1c(C)nc(N)nc1N1CCC(C(O)c2nccn2C)CC1. The molecule has 3 heterocycles. The molecule has 3 N–H and O–H groups in total. The highest BCUT2D eigenvalue weighted by molar-refractivity contribution is 5.52. The van der Waals surface area contributed by atoms with Crippen LogP contribution in [-0.2, 0) is 13.5 Å². The highest BCUT2D eigenvalue weighted by Crippen LogP contribution is 2.32. The van der Waals surface area contributed by atoms with Crippen molar-refractivity contribution in [1.29, 1.82) is 0 Å². The molecule has 1 aliphatic rings. The van der Waals surface area contributed by atoms with E-state index in [0.29, 0.717) is 5.95 Å². The number of nitrogens with two attached hydrogens (primary N) is 1. The summed E-state index contributed by atoms with van der Waals surface area (Å²) >= 11 is 0. The molecule has 130 valence electrons. The second kappa shape index (κ2) is 6.76. The summed E-state index contributed by atoms with van der Waals surface area (Å²) in [6.07, 6.45) is 5.77. The van der Waals surface area contributed by atoms with Gasteiger partial charge in [0.2, 0.25) is 5.95 Å².